The lowest BCUT2D eigenvalue weighted by atomic mass is 9.91. The first kappa shape index (κ1) is 57.9. The van der Waals surface area contributed by atoms with Crippen molar-refractivity contribution in [3.8, 4) is 0 Å². The van der Waals surface area contributed by atoms with Crippen molar-refractivity contribution in [2.45, 2.75) is 155 Å². The summed E-state index contributed by atoms with van der Waals surface area (Å²) in [6, 6.07) is -1.16. The molecule has 1 aromatic carbocycles. The first-order valence-electron chi connectivity index (χ1n) is 21.9. The largest absolute Gasteiger partial charge is 0.481 e. The highest BCUT2D eigenvalue weighted by Crippen LogP contribution is 2.18. The van der Waals surface area contributed by atoms with Gasteiger partial charge in [-0.2, -0.15) is 0 Å². The molecule has 9 unspecified atom stereocenters. The molecule has 22 nitrogen and oxygen atoms in total. The van der Waals surface area contributed by atoms with Crippen LogP contribution >= 0.6 is 0 Å². The third-order valence-electron chi connectivity index (χ3n) is 10.3. The lowest BCUT2D eigenvalue weighted by molar-refractivity contribution is -0.143. The number of nitrogens with two attached hydrogens (primary N) is 1. The maximum atomic E-state index is 13.7. The lowest BCUT2D eigenvalue weighted by Crippen LogP contribution is -2.58. The van der Waals surface area contributed by atoms with Crippen LogP contribution in [0.5, 0.6) is 0 Å². The maximum Gasteiger partial charge on any atom is 0.326 e. The minimum atomic E-state index is -1.70. The molecule has 0 aliphatic carbocycles. The van der Waals surface area contributed by atoms with Gasteiger partial charge in [-0.25, -0.2) is 4.79 Å². The average Bonchev–Trinajstić information content (AvgIpc) is 3.21. The van der Waals surface area contributed by atoms with Crippen LogP contribution in [-0.2, 0) is 54.4 Å². The second-order valence-electron chi connectivity index (χ2n) is 17.7. The van der Waals surface area contributed by atoms with Crippen LogP contribution in [0, 0.1) is 23.7 Å². The number of nitrogens with one attached hydrogen (secondary N) is 6. The average molecular weight is 936 g/mol. The van der Waals surface area contributed by atoms with Crippen LogP contribution in [0.15, 0.2) is 30.3 Å². The van der Waals surface area contributed by atoms with Gasteiger partial charge in [0.2, 0.25) is 35.4 Å². The molecule has 0 saturated carbocycles. The van der Waals surface area contributed by atoms with Crippen LogP contribution in [0.3, 0.4) is 0 Å². The molecular weight excluding hydrogens is 867 g/mol. The van der Waals surface area contributed by atoms with Crippen LogP contribution in [0.2, 0.25) is 0 Å². The molecule has 0 bridgehead atoms. The Morgan fingerprint density at radius 2 is 1.03 bits per heavy atom. The number of carboxylic acid groups (broad SMARTS) is 4. The van der Waals surface area contributed by atoms with Crippen LogP contribution in [0.1, 0.15) is 105 Å². The number of aliphatic hydroxyl groups is 1. The summed E-state index contributed by atoms with van der Waals surface area (Å²) in [5, 5.41) is 63.9. The second kappa shape index (κ2) is 28.7. The first-order chi connectivity index (χ1) is 30.7. The van der Waals surface area contributed by atoms with Crippen LogP contribution in [-0.4, -0.2) is 133 Å². The Labute approximate surface area is 384 Å². The normalized spacial score (nSPS) is 15.4. The predicted molar refractivity (Wildman–Crippen MR) is 237 cm³/mol. The van der Waals surface area contributed by atoms with Crippen molar-refractivity contribution >= 4 is 59.3 Å². The molecule has 9 atom stereocenters. The van der Waals surface area contributed by atoms with E-state index in [4.69, 9.17) is 10.8 Å². The van der Waals surface area contributed by atoms with Gasteiger partial charge >= 0.3 is 23.9 Å². The van der Waals surface area contributed by atoms with E-state index < -0.39 is 145 Å². The minimum Gasteiger partial charge on any atom is -0.481 e. The Hall–Kier alpha value is -6.16. The van der Waals surface area contributed by atoms with Gasteiger partial charge in [-0.1, -0.05) is 78.8 Å². The number of hydrogen-bond donors (Lipinski definition) is 12. The van der Waals surface area contributed by atoms with E-state index >= 15 is 0 Å². The number of benzene rings is 1. The van der Waals surface area contributed by atoms with Gasteiger partial charge in [-0.15, -0.1) is 0 Å². The zero-order valence-corrected chi connectivity index (χ0v) is 38.6. The molecule has 0 aromatic heterocycles. The van der Waals surface area contributed by atoms with Gasteiger partial charge in [0.1, 0.15) is 30.2 Å². The highest BCUT2D eigenvalue weighted by atomic mass is 16.4. The maximum absolute atomic E-state index is 13.7. The molecule has 0 aliphatic heterocycles. The number of aliphatic carboxylic acids is 4. The van der Waals surface area contributed by atoms with E-state index in [1.54, 1.807) is 71.9 Å². The SMILES string of the molecule is CC(C)CC(NC(=O)C(N)CCC(=O)O)C(=O)NC(CC(=O)O)C(=O)NC(CC(C)C)C(O)CC(C)C(=O)NC(C(=O)NC(CCC(=O)O)C(=O)NC(Cc1ccccc1)C(=O)O)C(C)C. The Kier molecular flexibility index (Phi) is 25.1. The van der Waals surface area contributed by atoms with E-state index in [0.717, 1.165) is 0 Å². The van der Waals surface area contributed by atoms with Gasteiger partial charge in [0.15, 0.2) is 0 Å². The smallest absolute Gasteiger partial charge is 0.326 e. The summed E-state index contributed by atoms with van der Waals surface area (Å²) in [5.41, 5.74) is 6.40. The van der Waals surface area contributed by atoms with E-state index in [-0.39, 0.29) is 43.9 Å². The number of carbonyl (C=O) groups excluding carboxylic acids is 6. The number of aliphatic hydroxyl groups excluding tert-OH is 1. The number of rotatable bonds is 31. The van der Waals surface area contributed by atoms with Crippen molar-refractivity contribution in [2.75, 3.05) is 0 Å². The summed E-state index contributed by atoms with van der Waals surface area (Å²) in [5.74, 6) is -12.6. The molecule has 0 fully saturated rings. The lowest BCUT2D eigenvalue weighted by Gasteiger charge is -2.30. The van der Waals surface area contributed by atoms with Gasteiger partial charge in [0.05, 0.1) is 24.6 Å². The molecule has 22 heteroatoms. The fraction of sp³-hybridized carbons (Fsp3) is 0.636. The Morgan fingerprint density at radius 3 is 1.55 bits per heavy atom. The van der Waals surface area contributed by atoms with Gasteiger partial charge in [-0.3, -0.25) is 43.2 Å². The summed E-state index contributed by atoms with van der Waals surface area (Å²) < 4.78 is 0. The summed E-state index contributed by atoms with van der Waals surface area (Å²) in [6.45, 7) is 11.7. The molecule has 0 radical (unpaired) electrons. The van der Waals surface area contributed by atoms with E-state index in [1.807, 2.05) is 0 Å². The number of carbonyl (C=O) groups is 10. The first-order valence-corrected chi connectivity index (χ1v) is 21.9. The minimum absolute atomic E-state index is 0.0433. The van der Waals surface area contributed by atoms with Crippen LogP contribution in [0.25, 0.3) is 0 Å². The van der Waals surface area contributed by atoms with Crippen molar-refractivity contribution in [3.63, 3.8) is 0 Å². The van der Waals surface area contributed by atoms with Crippen LogP contribution in [0.4, 0.5) is 0 Å². The van der Waals surface area contributed by atoms with Crippen molar-refractivity contribution in [3.05, 3.63) is 35.9 Å². The Bertz CT molecular complexity index is 1830. The molecule has 6 amide bonds. The van der Waals surface area contributed by atoms with Gasteiger partial charge in [0, 0.05) is 25.2 Å². The molecule has 1 rings (SSSR count). The molecule has 370 valence electrons. The fourth-order valence-electron chi connectivity index (χ4n) is 6.74. The van der Waals surface area contributed by atoms with E-state index in [9.17, 15) is 68.4 Å². The number of amides is 6. The highest BCUT2D eigenvalue weighted by Gasteiger charge is 2.35. The van der Waals surface area contributed by atoms with Crippen molar-refractivity contribution in [1.82, 2.24) is 31.9 Å². The van der Waals surface area contributed by atoms with Crippen LogP contribution < -0.4 is 37.6 Å². The summed E-state index contributed by atoms with van der Waals surface area (Å²) in [7, 11) is 0. The van der Waals surface area contributed by atoms with Crippen molar-refractivity contribution < 1.29 is 73.5 Å². The number of carboxylic acids is 4. The fourth-order valence-corrected chi connectivity index (χ4v) is 6.74. The second-order valence-corrected chi connectivity index (χ2v) is 17.7. The number of hydrogen-bond acceptors (Lipinski definition) is 12. The summed E-state index contributed by atoms with van der Waals surface area (Å²) >= 11 is 0. The topological polar surface area (TPSA) is 370 Å². The van der Waals surface area contributed by atoms with Gasteiger partial charge < -0.3 is 63.2 Å². The summed E-state index contributed by atoms with van der Waals surface area (Å²) in [4.78, 5) is 127. The molecule has 0 saturated heterocycles. The Balaban J connectivity index is 3.20. The van der Waals surface area contributed by atoms with Crippen molar-refractivity contribution in [2.24, 2.45) is 29.4 Å². The summed E-state index contributed by atoms with van der Waals surface area (Å²) in [6.07, 6.45) is -4.17. The predicted octanol–water partition coefficient (Wildman–Crippen LogP) is -0.111. The van der Waals surface area contributed by atoms with Gasteiger partial charge in [-0.05, 0) is 55.4 Å². The third kappa shape index (κ3) is 22.2. The molecule has 0 aliphatic rings. The molecule has 0 heterocycles. The molecule has 13 N–H and O–H groups in total. The molecular formula is C44H69N7O15. The molecule has 66 heavy (non-hydrogen) atoms. The van der Waals surface area contributed by atoms with E-state index in [1.165, 1.54) is 6.92 Å². The van der Waals surface area contributed by atoms with E-state index in [2.05, 4.69) is 31.9 Å². The highest BCUT2D eigenvalue weighted by molar-refractivity contribution is 5.95. The quantitative estimate of drug-likeness (QED) is 0.0462. The zero-order chi connectivity index (χ0) is 50.4. The zero-order valence-electron chi connectivity index (χ0n) is 38.6. The van der Waals surface area contributed by atoms with Gasteiger partial charge in [0.25, 0.3) is 0 Å². The van der Waals surface area contributed by atoms with Crippen molar-refractivity contribution in [1.29, 1.82) is 0 Å². The standard InChI is InChI=1S/C44H69N7O15/c1-22(2)17-29(47-42(63)31(21-36(57)58)49-41(62)30(18-23(3)4)48-39(60)27(45)13-15-34(53)54)33(52)19-25(7)38(59)51-37(24(5)6)43(64)46-28(14-16-35(55)56)40(61)50-32(44(65)66)20-26-11-9-8-10-12-26/h8-12,22-25,27-33,37,52H,13-21,45H2,1-7H3,(H,46,64)(H,47,63)(H,48,60)(H,49,62)(H,50,61)(H,51,59)(H,53,54)(H,55,56)(H,57,58)(H,65,66). The molecule has 1 aromatic rings. The third-order valence-corrected chi connectivity index (χ3v) is 10.3. The Morgan fingerprint density at radius 1 is 0.530 bits per heavy atom. The van der Waals surface area contributed by atoms with E-state index in [0.29, 0.717) is 5.56 Å². The monoisotopic (exact) mass is 935 g/mol. The molecule has 0 spiro atoms.